The highest BCUT2D eigenvalue weighted by Gasteiger charge is 2.33. The fourth-order valence-electron chi connectivity index (χ4n) is 3.03. The molecule has 1 atom stereocenters. The van der Waals surface area contributed by atoms with Gasteiger partial charge in [-0.3, -0.25) is 14.5 Å². The van der Waals surface area contributed by atoms with Gasteiger partial charge in [0.05, 0.1) is 19.5 Å². The van der Waals surface area contributed by atoms with Gasteiger partial charge in [-0.15, -0.1) is 13.2 Å². The number of halogens is 4. The molecule has 7 nitrogen and oxygen atoms in total. The van der Waals surface area contributed by atoms with Crippen LogP contribution in [-0.4, -0.2) is 62.2 Å². The number of carbonyl (C=O) groups excluding carboxylic acids is 2. The van der Waals surface area contributed by atoms with Gasteiger partial charge >= 0.3 is 6.36 Å². The van der Waals surface area contributed by atoms with Crippen LogP contribution in [-0.2, 0) is 14.3 Å². The molecule has 1 N–H and O–H groups in total. The van der Waals surface area contributed by atoms with Crippen LogP contribution in [0.5, 0.6) is 5.75 Å². The Bertz CT molecular complexity index is 782. The summed E-state index contributed by atoms with van der Waals surface area (Å²) in [5.41, 5.74) is 0.0961. The molecule has 2 aliphatic rings. The normalized spacial score (nSPS) is 20.6. The fraction of sp³-hybridized carbons (Fsp3) is 0.444. The molecule has 2 aliphatic heterocycles. The number of alkyl halides is 4. The summed E-state index contributed by atoms with van der Waals surface area (Å²) in [4.78, 5) is 26.4. The van der Waals surface area contributed by atoms with Crippen molar-refractivity contribution in [3.05, 3.63) is 36.1 Å². The van der Waals surface area contributed by atoms with E-state index >= 15 is 0 Å². The minimum atomic E-state index is -4.84. The number of ether oxygens (including phenoxy) is 2. The lowest BCUT2D eigenvalue weighted by molar-refractivity contribution is -0.274. The van der Waals surface area contributed by atoms with Crippen LogP contribution in [0.1, 0.15) is 6.42 Å². The van der Waals surface area contributed by atoms with E-state index in [1.165, 1.54) is 12.1 Å². The summed E-state index contributed by atoms with van der Waals surface area (Å²) < 4.78 is 60.4. The predicted molar refractivity (Wildman–Crippen MR) is 93.6 cm³/mol. The van der Waals surface area contributed by atoms with E-state index in [0.717, 1.165) is 23.1 Å². The number of piperazine rings is 1. The highest BCUT2D eigenvalue weighted by atomic mass is 19.4. The number of hydrogen-bond donors (Lipinski definition) is 1. The fourth-order valence-corrected chi connectivity index (χ4v) is 3.03. The molecule has 0 radical (unpaired) electrons. The van der Waals surface area contributed by atoms with Crippen LogP contribution in [0.25, 0.3) is 0 Å². The molecular formula is C18H19F4N3O4. The summed E-state index contributed by atoms with van der Waals surface area (Å²) in [6, 6.07) is 4.34. The molecule has 11 heteroatoms. The number of rotatable bonds is 6. The SMILES string of the molecule is O=C1CNCCN1CCOC1=CC(=O)N(c2ccc(OC(F)(F)F)cc2)C(F)C1. The predicted octanol–water partition coefficient (Wildman–Crippen LogP) is 1.95. The van der Waals surface area contributed by atoms with E-state index in [1.807, 2.05) is 0 Å². The molecule has 0 bridgehead atoms. The Balaban J connectivity index is 1.57. The Morgan fingerprint density at radius 3 is 2.52 bits per heavy atom. The highest BCUT2D eigenvalue weighted by molar-refractivity contribution is 6.03. The topological polar surface area (TPSA) is 71.1 Å². The molecule has 1 aromatic carbocycles. The quantitative estimate of drug-likeness (QED) is 0.566. The second kappa shape index (κ2) is 8.68. The molecule has 2 amide bonds. The van der Waals surface area contributed by atoms with Crippen molar-refractivity contribution < 1.29 is 36.6 Å². The molecule has 29 heavy (non-hydrogen) atoms. The van der Waals surface area contributed by atoms with Crippen LogP contribution < -0.4 is 15.0 Å². The lowest BCUT2D eigenvalue weighted by Crippen LogP contribution is -2.49. The van der Waals surface area contributed by atoms with Gasteiger partial charge in [0.1, 0.15) is 18.1 Å². The Morgan fingerprint density at radius 2 is 1.90 bits per heavy atom. The minimum Gasteiger partial charge on any atom is -0.496 e. The van der Waals surface area contributed by atoms with Crippen LogP contribution in [0.4, 0.5) is 23.2 Å². The Labute approximate surface area is 163 Å². The van der Waals surface area contributed by atoms with E-state index in [0.29, 0.717) is 19.6 Å². The van der Waals surface area contributed by atoms with Gasteiger partial charge < -0.3 is 19.7 Å². The molecule has 1 unspecified atom stereocenters. The Hall–Kier alpha value is -2.82. The number of amides is 2. The van der Waals surface area contributed by atoms with Gasteiger partial charge in [0.25, 0.3) is 5.91 Å². The summed E-state index contributed by atoms with van der Waals surface area (Å²) in [5, 5.41) is 2.94. The molecule has 1 fully saturated rings. The van der Waals surface area contributed by atoms with Crippen molar-refractivity contribution in [3.63, 3.8) is 0 Å². The maximum absolute atomic E-state index is 14.6. The lowest BCUT2D eigenvalue weighted by Gasteiger charge is -2.31. The number of nitrogens with zero attached hydrogens (tertiary/aromatic N) is 2. The van der Waals surface area contributed by atoms with E-state index in [9.17, 15) is 27.2 Å². The Morgan fingerprint density at radius 1 is 1.17 bits per heavy atom. The maximum atomic E-state index is 14.6. The van der Waals surface area contributed by atoms with E-state index < -0.39 is 24.3 Å². The van der Waals surface area contributed by atoms with E-state index in [-0.39, 0.29) is 36.9 Å². The van der Waals surface area contributed by atoms with Crippen molar-refractivity contribution in [2.24, 2.45) is 0 Å². The molecule has 0 spiro atoms. The van der Waals surface area contributed by atoms with E-state index in [2.05, 4.69) is 10.1 Å². The molecule has 2 heterocycles. The standard InChI is InChI=1S/C18H19F4N3O4/c19-15-9-14(28-8-7-24-6-5-23-11-17(24)27)10-16(26)25(15)12-1-3-13(4-2-12)29-18(20,21)22/h1-4,10,15,23H,5-9,11H2. The number of anilines is 1. The van der Waals surface area contributed by atoms with Crippen LogP contribution in [0.2, 0.25) is 0 Å². The zero-order valence-corrected chi connectivity index (χ0v) is 15.2. The summed E-state index contributed by atoms with van der Waals surface area (Å²) in [6.07, 6.45) is -5.65. The van der Waals surface area contributed by atoms with Crippen LogP contribution in [0.3, 0.4) is 0 Å². The number of hydrogen-bond acceptors (Lipinski definition) is 5. The molecule has 0 aromatic heterocycles. The van der Waals surface area contributed by atoms with Gasteiger partial charge in [-0.05, 0) is 24.3 Å². The monoisotopic (exact) mass is 417 g/mol. The van der Waals surface area contributed by atoms with Crippen LogP contribution >= 0.6 is 0 Å². The van der Waals surface area contributed by atoms with E-state index in [4.69, 9.17) is 4.74 Å². The van der Waals surface area contributed by atoms with Crippen LogP contribution in [0, 0.1) is 0 Å². The van der Waals surface area contributed by atoms with Crippen molar-refractivity contribution in [2.75, 3.05) is 37.7 Å². The van der Waals surface area contributed by atoms with Crippen molar-refractivity contribution in [3.8, 4) is 5.75 Å². The molecule has 1 aromatic rings. The van der Waals surface area contributed by atoms with Crippen LogP contribution in [0.15, 0.2) is 36.1 Å². The first kappa shape index (κ1) is 20.9. The number of nitrogens with one attached hydrogen (secondary N) is 1. The molecule has 0 aliphatic carbocycles. The van der Waals surface area contributed by atoms with Crippen molar-refractivity contribution in [1.82, 2.24) is 10.2 Å². The smallest absolute Gasteiger partial charge is 0.496 e. The van der Waals surface area contributed by atoms with Gasteiger partial charge in [-0.25, -0.2) is 4.39 Å². The van der Waals surface area contributed by atoms with Gasteiger partial charge in [0.2, 0.25) is 5.91 Å². The first-order valence-corrected chi connectivity index (χ1v) is 8.88. The second-order valence-electron chi connectivity index (χ2n) is 6.41. The summed E-state index contributed by atoms with van der Waals surface area (Å²) in [5.74, 6) is -1.07. The highest BCUT2D eigenvalue weighted by Crippen LogP contribution is 2.30. The van der Waals surface area contributed by atoms with Gasteiger partial charge in [-0.2, -0.15) is 0 Å². The molecule has 0 saturated carbocycles. The second-order valence-corrected chi connectivity index (χ2v) is 6.41. The van der Waals surface area contributed by atoms with Crippen molar-refractivity contribution in [2.45, 2.75) is 19.1 Å². The van der Waals surface area contributed by atoms with E-state index in [1.54, 1.807) is 4.90 Å². The first-order valence-electron chi connectivity index (χ1n) is 8.88. The molecule has 3 rings (SSSR count). The third-order valence-corrected chi connectivity index (χ3v) is 4.36. The average Bonchev–Trinajstić information content (AvgIpc) is 2.63. The van der Waals surface area contributed by atoms with Gasteiger partial charge in [-0.1, -0.05) is 0 Å². The summed E-state index contributed by atoms with van der Waals surface area (Å²) >= 11 is 0. The van der Waals surface area contributed by atoms with Crippen molar-refractivity contribution in [1.29, 1.82) is 0 Å². The zero-order chi connectivity index (χ0) is 21.0. The summed E-state index contributed by atoms with van der Waals surface area (Å²) in [6.45, 7) is 1.94. The van der Waals surface area contributed by atoms with Crippen molar-refractivity contribution >= 4 is 17.5 Å². The largest absolute Gasteiger partial charge is 0.573 e. The number of benzene rings is 1. The maximum Gasteiger partial charge on any atom is 0.573 e. The zero-order valence-electron chi connectivity index (χ0n) is 15.2. The van der Waals surface area contributed by atoms with Gasteiger partial charge in [0, 0.05) is 24.9 Å². The first-order chi connectivity index (χ1) is 13.7. The number of carbonyl (C=O) groups is 2. The molecule has 158 valence electrons. The average molecular weight is 417 g/mol. The molecule has 1 saturated heterocycles. The lowest BCUT2D eigenvalue weighted by atomic mass is 10.1. The third-order valence-electron chi connectivity index (χ3n) is 4.36. The summed E-state index contributed by atoms with van der Waals surface area (Å²) in [7, 11) is 0. The minimum absolute atomic E-state index is 0.0546. The van der Waals surface area contributed by atoms with Gasteiger partial charge in [0.15, 0.2) is 6.30 Å². The third kappa shape index (κ3) is 5.59. The molecular weight excluding hydrogens is 398 g/mol. The Kier molecular flexibility index (Phi) is 6.26.